The molecule has 0 aliphatic rings. The van der Waals surface area contributed by atoms with Gasteiger partial charge in [0.25, 0.3) is 5.91 Å². The van der Waals surface area contributed by atoms with Crippen LogP contribution in [0.5, 0.6) is 5.75 Å². The van der Waals surface area contributed by atoms with Gasteiger partial charge in [0.1, 0.15) is 5.75 Å². The lowest BCUT2D eigenvalue weighted by molar-refractivity contribution is -0.118. The van der Waals surface area contributed by atoms with Gasteiger partial charge in [-0.15, -0.1) is 0 Å². The van der Waals surface area contributed by atoms with E-state index in [4.69, 9.17) is 39.5 Å². The van der Waals surface area contributed by atoms with Gasteiger partial charge in [0, 0.05) is 6.54 Å². The van der Waals surface area contributed by atoms with Crippen LogP contribution in [0.3, 0.4) is 0 Å². The van der Waals surface area contributed by atoms with Crippen LogP contribution in [0.25, 0.3) is 0 Å². The first-order valence-electron chi connectivity index (χ1n) is 8.31. The maximum Gasteiger partial charge on any atom is 0.262 e. The van der Waals surface area contributed by atoms with Gasteiger partial charge in [-0.3, -0.25) is 4.79 Å². The second kappa shape index (κ2) is 9.80. The average Bonchev–Trinajstić information content (AvgIpc) is 2.63. The molecule has 0 saturated carbocycles. The monoisotopic (exact) mass is 464 g/mol. The molecular formula is C18H19Cl3N2O4S. The molecule has 0 aliphatic carbocycles. The van der Waals surface area contributed by atoms with Crippen molar-refractivity contribution in [3.63, 3.8) is 0 Å². The maximum atomic E-state index is 12.2. The predicted molar refractivity (Wildman–Crippen MR) is 112 cm³/mol. The Bertz CT molecular complexity index is 981. The third kappa shape index (κ3) is 5.99. The minimum absolute atomic E-state index is 0.137. The summed E-state index contributed by atoms with van der Waals surface area (Å²) >= 11 is 17.8. The standard InChI is InChI=1S/C18H19Cl3N2O4S/c1-3-6-22-28(25,26)12-4-5-17(11(2)7-12)27-10-18(24)23-16-9-14(20)13(19)8-15(16)21/h4-5,7-9,22H,3,6,10H2,1-2H3,(H,23,24). The Morgan fingerprint density at radius 3 is 2.39 bits per heavy atom. The van der Waals surface area contributed by atoms with Crippen molar-refractivity contribution >= 4 is 56.4 Å². The molecule has 2 rings (SSSR count). The van der Waals surface area contributed by atoms with Gasteiger partial charge in [-0.1, -0.05) is 41.7 Å². The number of amides is 1. The van der Waals surface area contributed by atoms with Gasteiger partial charge in [-0.25, -0.2) is 13.1 Å². The number of carbonyl (C=O) groups is 1. The van der Waals surface area contributed by atoms with Crippen LogP contribution in [-0.4, -0.2) is 27.5 Å². The fourth-order valence-electron chi connectivity index (χ4n) is 2.22. The Kier molecular flexibility index (Phi) is 7.97. The number of sulfonamides is 1. The van der Waals surface area contributed by atoms with Crippen molar-refractivity contribution in [2.45, 2.75) is 25.2 Å². The van der Waals surface area contributed by atoms with E-state index in [-0.39, 0.29) is 26.6 Å². The van der Waals surface area contributed by atoms with Crippen LogP contribution in [0.15, 0.2) is 35.2 Å². The number of halogens is 3. The van der Waals surface area contributed by atoms with Gasteiger partial charge in [-0.2, -0.15) is 0 Å². The van der Waals surface area contributed by atoms with E-state index in [1.165, 1.54) is 30.3 Å². The Morgan fingerprint density at radius 1 is 1.07 bits per heavy atom. The average molecular weight is 466 g/mol. The number of aryl methyl sites for hydroxylation is 1. The number of ether oxygens (including phenoxy) is 1. The Morgan fingerprint density at radius 2 is 1.75 bits per heavy atom. The summed E-state index contributed by atoms with van der Waals surface area (Å²) < 4.78 is 32.3. The van der Waals surface area contributed by atoms with Crippen LogP contribution in [0.2, 0.25) is 15.1 Å². The van der Waals surface area contributed by atoms with Crippen molar-refractivity contribution in [1.29, 1.82) is 0 Å². The molecule has 2 aromatic carbocycles. The Hall–Kier alpha value is -1.51. The molecule has 2 aromatic rings. The number of carbonyl (C=O) groups excluding carboxylic acids is 1. The SMILES string of the molecule is CCCNS(=O)(=O)c1ccc(OCC(=O)Nc2cc(Cl)c(Cl)cc2Cl)c(C)c1. The number of hydrogen-bond acceptors (Lipinski definition) is 4. The topological polar surface area (TPSA) is 84.5 Å². The number of hydrogen-bond donors (Lipinski definition) is 2. The van der Waals surface area contributed by atoms with Gasteiger partial charge in [0.05, 0.1) is 25.7 Å². The summed E-state index contributed by atoms with van der Waals surface area (Å²) in [5.41, 5.74) is 0.893. The van der Waals surface area contributed by atoms with E-state index in [0.29, 0.717) is 30.0 Å². The van der Waals surface area contributed by atoms with Gasteiger partial charge in [0.2, 0.25) is 10.0 Å². The third-order valence-corrected chi connectivity index (χ3v) is 6.14. The Balaban J connectivity index is 2.03. The molecule has 0 aromatic heterocycles. The molecule has 0 heterocycles. The summed E-state index contributed by atoms with van der Waals surface area (Å²) in [6.07, 6.45) is 0.692. The molecule has 28 heavy (non-hydrogen) atoms. The van der Waals surface area contributed by atoms with Crippen LogP contribution in [0.1, 0.15) is 18.9 Å². The first kappa shape index (κ1) is 22.8. The lowest BCUT2D eigenvalue weighted by Crippen LogP contribution is -2.24. The van der Waals surface area contributed by atoms with E-state index in [2.05, 4.69) is 10.0 Å². The first-order chi connectivity index (χ1) is 13.1. The summed E-state index contributed by atoms with van der Waals surface area (Å²) in [6.45, 7) is 3.64. The zero-order valence-electron chi connectivity index (χ0n) is 15.2. The quantitative estimate of drug-likeness (QED) is 0.555. The van der Waals surface area contributed by atoms with Crippen molar-refractivity contribution in [2.75, 3.05) is 18.5 Å². The van der Waals surface area contributed by atoms with Crippen molar-refractivity contribution in [2.24, 2.45) is 0 Å². The van der Waals surface area contributed by atoms with Crippen LogP contribution in [0.4, 0.5) is 5.69 Å². The molecule has 6 nitrogen and oxygen atoms in total. The maximum absolute atomic E-state index is 12.2. The molecule has 0 spiro atoms. The van der Waals surface area contributed by atoms with Gasteiger partial charge in [0.15, 0.2) is 6.61 Å². The molecule has 0 bridgehead atoms. The predicted octanol–water partition coefficient (Wildman–Crippen LogP) is 4.66. The molecule has 2 N–H and O–H groups in total. The molecule has 0 fully saturated rings. The van der Waals surface area contributed by atoms with Crippen molar-refractivity contribution in [1.82, 2.24) is 4.72 Å². The van der Waals surface area contributed by atoms with Gasteiger partial charge in [-0.05, 0) is 49.2 Å². The second-order valence-corrected chi connectivity index (χ2v) is 8.90. The molecular weight excluding hydrogens is 447 g/mol. The van der Waals surface area contributed by atoms with E-state index < -0.39 is 15.9 Å². The highest BCUT2D eigenvalue weighted by atomic mass is 35.5. The smallest absolute Gasteiger partial charge is 0.262 e. The van der Waals surface area contributed by atoms with E-state index in [1.54, 1.807) is 6.92 Å². The number of anilines is 1. The molecule has 10 heteroatoms. The zero-order valence-corrected chi connectivity index (χ0v) is 18.3. The summed E-state index contributed by atoms with van der Waals surface area (Å²) in [6, 6.07) is 7.29. The molecule has 0 unspecified atom stereocenters. The number of nitrogens with one attached hydrogen (secondary N) is 2. The summed E-state index contributed by atoms with van der Waals surface area (Å²) in [4.78, 5) is 12.3. The molecule has 0 saturated heterocycles. The third-order valence-electron chi connectivity index (χ3n) is 3.64. The highest BCUT2D eigenvalue weighted by Crippen LogP contribution is 2.32. The van der Waals surface area contributed by atoms with Crippen molar-refractivity contribution in [3.8, 4) is 5.75 Å². The fraction of sp³-hybridized carbons (Fsp3) is 0.278. The van der Waals surface area contributed by atoms with Crippen LogP contribution < -0.4 is 14.8 Å². The molecule has 0 radical (unpaired) electrons. The van der Waals surface area contributed by atoms with Crippen molar-refractivity contribution < 1.29 is 17.9 Å². The zero-order chi connectivity index (χ0) is 20.9. The number of benzene rings is 2. The minimum atomic E-state index is -3.57. The largest absolute Gasteiger partial charge is 0.483 e. The lowest BCUT2D eigenvalue weighted by Gasteiger charge is -2.12. The summed E-state index contributed by atoms with van der Waals surface area (Å²) in [7, 11) is -3.57. The van der Waals surface area contributed by atoms with Crippen molar-refractivity contribution in [3.05, 3.63) is 51.0 Å². The lowest BCUT2D eigenvalue weighted by atomic mass is 10.2. The van der Waals surface area contributed by atoms with Crippen LogP contribution in [0, 0.1) is 6.92 Å². The molecule has 152 valence electrons. The fourth-order valence-corrected chi connectivity index (χ4v) is 4.03. The second-order valence-electron chi connectivity index (χ2n) is 5.91. The van der Waals surface area contributed by atoms with Gasteiger partial charge < -0.3 is 10.1 Å². The Labute approximate surface area is 179 Å². The number of rotatable bonds is 8. The molecule has 1 amide bonds. The van der Waals surface area contributed by atoms with E-state index in [9.17, 15) is 13.2 Å². The summed E-state index contributed by atoms with van der Waals surface area (Å²) in [5.74, 6) is -0.0640. The van der Waals surface area contributed by atoms with Gasteiger partial charge >= 0.3 is 0 Å². The first-order valence-corrected chi connectivity index (χ1v) is 10.9. The van der Waals surface area contributed by atoms with Crippen LogP contribution >= 0.6 is 34.8 Å². The highest BCUT2D eigenvalue weighted by molar-refractivity contribution is 7.89. The van der Waals surface area contributed by atoms with Crippen LogP contribution in [-0.2, 0) is 14.8 Å². The van der Waals surface area contributed by atoms with E-state index >= 15 is 0 Å². The normalized spacial score (nSPS) is 11.3. The minimum Gasteiger partial charge on any atom is -0.483 e. The highest BCUT2D eigenvalue weighted by Gasteiger charge is 2.15. The molecule has 0 atom stereocenters. The van der Waals surface area contributed by atoms with E-state index in [0.717, 1.165) is 0 Å². The molecule has 0 aliphatic heterocycles. The van der Waals surface area contributed by atoms with E-state index in [1.807, 2.05) is 6.92 Å². The summed E-state index contributed by atoms with van der Waals surface area (Å²) in [5, 5.41) is 3.36.